The number of nitrogens with one attached hydrogen (secondary N) is 1. The second-order valence-electron chi connectivity index (χ2n) is 7.45. The van der Waals surface area contributed by atoms with Gasteiger partial charge in [-0.25, -0.2) is 0 Å². The van der Waals surface area contributed by atoms with Crippen LogP contribution in [0, 0.1) is 17.2 Å². The maximum absolute atomic E-state index is 12.7. The van der Waals surface area contributed by atoms with Gasteiger partial charge in [0.1, 0.15) is 11.1 Å². The van der Waals surface area contributed by atoms with E-state index < -0.39 is 0 Å². The average molecular weight is 451 g/mol. The van der Waals surface area contributed by atoms with Gasteiger partial charge in [-0.05, 0) is 42.9 Å². The fraction of sp³-hybridized carbons (Fsp3) is 0.318. The molecule has 1 atom stereocenters. The fourth-order valence-electron chi connectivity index (χ4n) is 3.65. The van der Waals surface area contributed by atoms with Crippen LogP contribution in [0.3, 0.4) is 0 Å². The van der Waals surface area contributed by atoms with E-state index in [4.69, 9.17) is 0 Å². The van der Waals surface area contributed by atoms with Gasteiger partial charge >= 0.3 is 0 Å². The van der Waals surface area contributed by atoms with Gasteiger partial charge in [0.25, 0.3) is 0 Å². The number of pyridine rings is 1. The van der Waals surface area contributed by atoms with E-state index in [2.05, 4.69) is 40.1 Å². The molecule has 7 nitrogen and oxygen atoms in total. The molecule has 0 fully saturated rings. The molecule has 0 bridgehead atoms. The quantitative estimate of drug-likeness (QED) is 0.425. The smallest absolute Gasteiger partial charge is 0.235 e. The van der Waals surface area contributed by atoms with Crippen LogP contribution in [0.1, 0.15) is 29.3 Å². The van der Waals surface area contributed by atoms with Crippen molar-refractivity contribution in [3.05, 3.63) is 53.2 Å². The van der Waals surface area contributed by atoms with Crippen LogP contribution >= 0.6 is 23.1 Å². The van der Waals surface area contributed by atoms with E-state index >= 15 is 0 Å². The molecule has 1 aliphatic carbocycles. The number of hydrogen-bond acceptors (Lipinski definition) is 7. The molecule has 0 aromatic carbocycles. The van der Waals surface area contributed by atoms with Crippen molar-refractivity contribution in [2.75, 3.05) is 11.1 Å². The number of carbonyl (C=O) groups excluding carboxylic acids is 1. The fourth-order valence-corrected chi connectivity index (χ4v) is 5.77. The van der Waals surface area contributed by atoms with Crippen molar-refractivity contribution in [3.8, 4) is 17.5 Å². The summed E-state index contributed by atoms with van der Waals surface area (Å²) in [5, 5.41) is 22.4. The molecule has 1 amide bonds. The van der Waals surface area contributed by atoms with Crippen molar-refractivity contribution in [2.45, 2.75) is 37.9 Å². The number of hydrogen-bond donors (Lipinski definition) is 1. The van der Waals surface area contributed by atoms with Gasteiger partial charge in [0.2, 0.25) is 5.91 Å². The first-order chi connectivity index (χ1) is 15.1. The van der Waals surface area contributed by atoms with Gasteiger partial charge < -0.3 is 5.32 Å². The minimum Gasteiger partial charge on any atom is -0.316 e. The number of fused-ring (bicyclic) bond motifs is 1. The maximum atomic E-state index is 12.7. The Labute approximate surface area is 189 Å². The van der Waals surface area contributed by atoms with Crippen LogP contribution in [0.5, 0.6) is 0 Å². The Hall–Kier alpha value is -2.96. The van der Waals surface area contributed by atoms with Gasteiger partial charge in [0.15, 0.2) is 11.0 Å². The molecular formula is C22H22N6OS2. The van der Waals surface area contributed by atoms with Gasteiger partial charge in [-0.3, -0.25) is 14.3 Å². The molecule has 0 aliphatic heterocycles. The number of nitriles is 1. The highest BCUT2D eigenvalue weighted by Crippen LogP contribution is 2.39. The lowest BCUT2D eigenvalue weighted by atomic mass is 9.89. The molecule has 158 valence electrons. The summed E-state index contributed by atoms with van der Waals surface area (Å²) < 4.78 is 1.91. The Kier molecular flexibility index (Phi) is 6.49. The zero-order valence-corrected chi connectivity index (χ0v) is 18.8. The Bertz CT molecular complexity index is 1140. The zero-order valence-electron chi connectivity index (χ0n) is 17.2. The molecule has 1 unspecified atom stereocenters. The lowest BCUT2D eigenvalue weighted by molar-refractivity contribution is -0.113. The number of allylic oxidation sites excluding steroid dienone is 1. The number of rotatable bonds is 7. The molecule has 0 saturated heterocycles. The van der Waals surface area contributed by atoms with Crippen molar-refractivity contribution in [1.82, 2.24) is 19.7 Å². The first-order valence-electron chi connectivity index (χ1n) is 10.0. The predicted molar refractivity (Wildman–Crippen MR) is 123 cm³/mol. The van der Waals surface area contributed by atoms with Gasteiger partial charge in [0, 0.05) is 29.4 Å². The molecule has 3 aromatic rings. The molecule has 0 spiro atoms. The molecule has 3 aromatic heterocycles. The van der Waals surface area contributed by atoms with Crippen LogP contribution < -0.4 is 5.32 Å². The van der Waals surface area contributed by atoms with E-state index in [1.807, 2.05) is 16.7 Å². The van der Waals surface area contributed by atoms with Crippen molar-refractivity contribution in [2.24, 2.45) is 5.92 Å². The zero-order chi connectivity index (χ0) is 21.8. The number of anilines is 1. The summed E-state index contributed by atoms with van der Waals surface area (Å²) in [4.78, 5) is 18.0. The minimum atomic E-state index is -0.163. The topological polar surface area (TPSA) is 96.5 Å². The van der Waals surface area contributed by atoms with Gasteiger partial charge in [-0.2, -0.15) is 5.26 Å². The Morgan fingerprint density at radius 1 is 1.52 bits per heavy atom. The normalized spacial score (nSPS) is 15.2. The lowest BCUT2D eigenvalue weighted by Gasteiger charge is -2.17. The number of carbonyl (C=O) groups is 1. The van der Waals surface area contributed by atoms with Crippen molar-refractivity contribution in [3.63, 3.8) is 0 Å². The molecule has 4 rings (SSSR count). The Morgan fingerprint density at radius 3 is 3.13 bits per heavy atom. The van der Waals surface area contributed by atoms with E-state index in [1.165, 1.54) is 28.0 Å². The summed E-state index contributed by atoms with van der Waals surface area (Å²) in [5.41, 5.74) is 2.59. The maximum Gasteiger partial charge on any atom is 0.235 e. The highest BCUT2D eigenvalue weighted by molar-refractivity contribution is 7.99. The summed E-state index contributed by atoms with van der Waals surface area (Å²) in [6.07, 6.45) is 8.16. The molecule has 0 radical (unpaired) electrons. The number of thiophene rings is 1. The SMILES string of the molecule is C=CCn1c(SCC(=O)Nc2sc3c(c2C#N)CCC(C)C3)nnc1-c1cccnc1. The van der Waals surface area contributed by atoms with Crippen molar-refractivity contribution >= 4 is 34.0 Å². The number of nitrogens with zero attached hydrogens (tertiary/aromatic N) is 5. The molecule has 3 heterocycles. The second kappa shape index (κ2) is 9.45. The molecule has 9 heteroatoms. The molecule has 1 N–H and O–H groups in total. The standard InChI is InChI=1S/C22H22N6OS2/c1-3-9-28-20(15-5-4-8-24-12-15)26-27-22(28)30-13-19(29)25-21-17(11-23)16-7-6-14(2)10-18(16)31-21/h3-5,8,12,14H,1,6-7,9-10,13H2,2H3,(H,25,29). The third kappa shape index (κ3) is 4.55. The van der Waals surface area contributed by atoms with Gasteiger partial charge in [-0.15, -0.1) is 28.1 Å². The van der Waals surface area contributed by atoms with Crippen LogP contribution in [-0.2, 0) is 24.2 Å². The van der Waals surface area contributed by atoms with E-state index in [9.17, 15) is 10.1 Å². The van der Waals surface area contributed by atoms with Gasteiger partial charge in [0.05, 0.1) is 11.3 Å². The highest BCUT2D eigenvalue weighted by atomic mass is 32.2. The van der Waals surface area contributed by atoms with E-state index in [0.717, 1.165) is 30.4 Å². The van der Waals surface area contributed by atoms with Crippen LogP contribution in [0.15, 0.2) is 42.3 Å². The average Bonchev–Trinajstić information content (AvgIpc) is 3.33. The third-order valence-electron chi connectivity index (χ3n) is 5.16. The largest absolute Gasteiger partial charge is 0.316 e. The number of aromatic nitrogens is 4. The molecule has 0 saturated carbocycles. The summed E-state index contributed by atoms with van der Waals surface area (Å²) in [6.45, 7) is 6.56. The first kappa shape index (κ1) is 21.3. The first-order valence-corrected chi connectivity index (χ1v) is 11.8. The summed E-state index contributed by atoms with van der Waals surface area (Å²) >= 11 is 2.85. The van der Waals surface area contributed by atoms with Crippen molar-refractivity contribution < 1.29 is 4.79 Å². The minimum absolute atomic E-state index is 0.163. The summed E-state index contributed by atoms with van der Waals surface area (Å²) in [7, 11) is 0. The van der Waals surface area contributed by atoms with Crippen LogP contribution in [0.4, 0.5) is 5.00 Å². The summed E-state index contributed by atoms with van der Waals surface area (Å²) in [5.74, 6) is 1.31. The van der Waals surface area contributed by atoms with Crippen molar-refractivity contribution in [1.29, 1.82) is 5.26 Å². The van der Waals surface area contributed by atoms with E-state index in [-0.39, 0.29) is 11.7 Å². The van der Waals surface area contributed by atoms with E-state index in [0.29, 0.717) is 34.0 Å². The number of thioether (sulfide) groups is 1. The molecule has 1 aliphatic rings. The van der Waals surface area contributed by atoms with Crippen LogP contribution in [-0.4, -0.2) is 31.4 Å². The molecular weight excluding hydrogens is 428 g/mol. The van der Waals surface area contributed by atoms with E-state index in [1.54, 1.807) is 18.5 Å². The Morgan fingerprint density at radius 2 is 2.39 bits per heavy atom. The second-order valence-corrected chi connectivity index (χ2v) is 9.50. The van der Waals surface area contributed by atoms with Gasteiger partial charge in [-0.1, -0.05) is 24.8 Å². The highest BCUT2D eigenvalue weighted by Gasteiger charge is 2.25. The Balaban J connectivity index is 1.47. The van der Waals surface area contributed by atoms with Crippen LogP contribution in [0.2, 0.25) is 0 Å². The molecule has 31 heavy (non-hydrogen) atoms. The monoisotopic (exact) mass is 450 g/mol. The number of amides is 1. The lowest BCUT2D eigenvalue weighted by Crippen LogP contribution is -2.15. The predicted octanol–water partition coefficient (Wildman–Crippen LogP) is 4.31. The third-order valence-corrected chi connectivity index (χ3v) is 7.29. The van der Waals surface area contributed by atoms with Crippen LogP contribution in [0.25, 0.3) is 11.4 Å². The summed E-state index contributed by atoms with van der Waals surface area (Å²) in [6, 6.07) is 6.05.